The molecule has 1 fully saturated rings. The highest BCUT2D eigenvalue weighted by molar-refractivity contribution is 7.99. The van der Waals surface area contributed by atoms with Crippen LogP contribution >= 0.6 is 57.9 Å². The number of hydrogen-bond donors (Lipinski definition) is 3. The van der Waals surface area contributed by atoms with Gasteiger partial charge in [-0.2, -0.15) is 0 Å². The molecule has 3 heterocycles. The molecule has 1 aromatic carbocycles. The maximum absolute atomic E-state index is 11.0. The van der Waals surface area contributed by atoms with Crippen LogP contribution in [0.5, 0.6) is 0 Å². The largest absolute Gasteiger partial charge is 0.394 e. The van der Waals surface area contributed by atoms with E-state index >= 15 is 0 Å². The molecular formula is C17H15Cl3N4O4S2. The van der Waals surface area contributed by atoms with Crippen molar-refractivity contribution in [2.75, 3.05) is 6.61 Å². The fraction of sp³-hybridized carbons (Fsp3) is 0.353. The van der Waals surface area contributed by atoms with E-state index in [1.165, 1.54) is 27.8 Å². The summed E-state index contributed by atoms with van der Waals surface area (Å²) in [5.74, 6) is 0. The Morgan fingerprint density at radius 2 is 1.93 bits per heavy atom. The first-order valence-electron chi connectivity index (χ1n) is 8.64. The second-order valence-electron chi connectivity index (χ2n) is 6.46. The molecule has 0 radical (unpaired) electrons. The number of benzene rings is 1. The Morgan fingerprint density at radius 1 is 1.13 bits per heavy atom. The van der Waals surface area contributed by atoms with Crippen molar-refractivity contribution in [1.29, 1.82) is 0 Å². The quantitative estimate of drug-likeness (QED) is 0.481. The number of thiazole rings is 1. The first-order valence-corrected chi connectivity index (χ1v) is 11.5. The molecule has 0 saturated carbocycles. The first-order chi connectivity index (χ1) is 14.4. The summed E-state index contributed by atoms with van der Waals surface area (Å²) >= 11 is 20.3. The molecule has 3 aromatic rings. The standard InChI is InChI=1S/C17H15Cl3N4O4S2/c18-8-2-1-7(3-9(8)19)30-16-15(27)13(14(26)12(5-25)28-16)24-4-10(22-23-24)11-6-29-17(20)21-11/h1-4,6,12-16,25-27H,5H2/t12?,13?,14-,15-,16+/m0/s1. The third-order valence-electron chi connectivity index (χ3n) is 4.55. The molecule has 1 saturated heterocycles. The van der Waals surface area contributed by atoms with E-state index in [-0.39, 0.29) is 0 Å². The van der Waals surface area contributed by atoms with Gasteiger partial charge in [-0.1, -0.05) is 51.8 Å². The number of aromatic nitrogens is 4. The third-order valence-corrected chi connectivity index (χ3v) is 7.41. The fourth-order valence-corrected chi connectivity index (χ4v) is 5.29. The lowest BCUT2D eigenvalue weighted by atomic mass is 9.97. The van der Waals surface area contributed by atoms with Crippen LogP contribution in [0.1, 0.15) is 6.04 Å². The average Bonchev–Trinajstić information content (AvgIpc) is 3.36. The Labute approximate surface area is 194 Å². The number of hydrogen-bond acceptors (Lipinski definition) is 9. The molecule has 0 amide bonds. The van der Waals surface area contributed by atoms with Gasteiger partial charge in [-0.25, -0.2) is 9.67 Å². The van der Waals surface area contributed by atoms with Crippen molar-refractivity contribution in [2.45, 2.75) is 34.7 Å². The average molecular weight is 510 g/mol. The van der Waals surface area contributed by atoms with E-state index in [4.69, 9.17) is 39.5 Å². The molecule has 0 bridgehead atoms. The Kier molecular flexibility index (Phi) is 6.88. The van der Waals surface area contributed by atoms with Gasteiger partial charge in [0.1, 0.15) is 41.2 Å². The van der Waals surface area contributed by atoms with E-state index < -0.39 is 36.4 Å². The van der Waals surface area contributed by atoms with Gasteiger partial charge in [0.05, 0.1) is 22.8 Å². The van der Waals surface area contributed by atoms with Crippen LogP contribution in [0.2, 0.25) is 14.5 Å². The molecule has 30 heavy (non-hydrogen) atoms. The Hall–Kier alpha value is -0.950. The van der Waals surface area contributed by atoms with Gasteiger partial charge in [0.25, 0.3) is 0 Å². The van der Waals surface area contributed by atoms with Gasteiger partial charge in [-0.15, -0.1) is 16.4 Å². The van der Waals surface area contributed by atoms with E-state index in [0.29, 0.717) is 30.8 Å². The number of nitrogens with zero attached hydrogens (tertiary/aromatic N) is 4. The molecule has 8 nitrogen and oxygen atoms in total. The van der Waals surface area contributed by atoms with Gasteiger partial charge in [0.2, 0.25) is 0 Å². The second-order valence-corrected chi connectivity index (χ2v) is 9.89. The number of aliphatic hydroxyl groups is 3. The van der Waals surface area contributed by atoms with Crippen molar-refractivity contribution in [1.82, 2.24) is 20.0 Å². The number of ether oxygens (including phenoxy) is 1. The van der Waals surface area contributed by atoms with Crippen LogP contribution in [0.3, 0.4) is 0 Å². The molecule has 1 aliphatic heterocycles. The van der Waals surface area contributed by atoms with Gasteiger partial charge in [0, 0.05) is 10.3 Å². The molecule has 0 spiro atoms. The van der Waals surface area contributed by atoms with Crippen molar-refractivity contribution in [3.05, 3.63) is 44.3 Å². The fourth-order valence-electron chi connectivity index (χ4n) is 3.07. The predicted octanol–water partition coefficient (Wildman–Crippen LogP) is 3.13. The zero-order chi connectivity index (χ0) is 21.4. The van der Waals surface area contributed by atoms with Gasteiger partial charge >= 0.3 is 0 Å². The van der Waals surface area contributed by atoms with Crippen LogP contribution in [0.15, 0.2) is 34.7 Å². The van der Waals surface area contributed by atoms with Crippen molar-refractivity contribution >= 4 is 57.9 Å². The molecule has 2 aromatic heterocycles. The SMILES string of the molecule is OCC1O[C@H](Sc2ccc(Cl)c(Cl)c2)[C@@H](O)C(n2cc(-c3csc(Cl)n3)nn2)[C@H]1O. The normalized spacial score (nSPS) is 26.8. The highest BCUT2D eigenvalue weighted by Crippen LogP contribution is 2.39. The predicted molar refractivity (Wildman–Crippen MR) is 115 cm³/mol. The van der Waals surface area contributed by atoms with Crippen LogP contribution in [0.4, 0.5) is 0 Å². The number of rotatable bonds is 5. The molecular weight excluding hydrogens is 495 g/mol. The van der Waals surface area contributed by atoms with Crippen LogP contribution in [0, 0.1) is 0 Å². The number of thioether (sulfide) groups is 1. The number of halogens is 3. The van der Waals surface area contributed by atoms with Crippen molar-refractivity contribution in [3.8, 4) is 11.4 Å². The summed E-state index contributed by atoms with van der Waals surface area (Å²) in [5, 5.41) is 41.9. The summed E-state index contributed by atoms with van der Waals surface area (Å²) in [4.78, 5) is 4.85. The van der Waals surface area contributed by atoms with Gasteiger partial charge in [-0.3, -0.25) is 0 Å². The molecule has 160 valence electrons. The zero-order valence-electron chi connectivity index (χ0n) is 15.0. The van der Waals surface area contributed by atoms with E-state index in [0.717, 1.165) is 0 Å². The van der Waals surface area contributed by atoms with Crippen molar-refractivity contribution in [3.63, 3.8) is 0 Å². The Bertz CT molecular complexity index is 1040. The van der Waals surface area contributed by atoms with Gasteiger partial charge in [0.15, 0.2) is 4.47 Å². The maximum Gasteiger partial charge on any atom is 0.184 e. The minimum Gasteiger partial charge on any atom is -0.394 e. The van der Waals surface area contributed by atoms with E-state index in [2.05, 4.69) is 15.3 Å². The second kappa shape index (κ2) is 9.27. The summed E-state index contributed by atoms with van der Waals surface area (Å²) in [6, 6.07) is 4.12. The Morgan fingerprint density at radius 3 is 2.60 bits per heavy atom. The lowest BCUT2D eigenvalue weighted by Gasteiger charge is -2.41. The van der Waals surface area contributed by atoms with Crippen LogP contribution in [-0.2, 0) is 4.74 Å². The highest BCUT2D eigenvalue weighted by Gasteiger charge is 2.46. The van der Waals surface area contributed by atoms with Crippen LogP contribution in [-0.4, -0.2) is 65.7 Å². The summed E-state index contributed by atoms with van der Waals surface area (Å²) in [5.41, 5.74) is 0.167. The molecule has 3 N–H and O–H groups in total. The van der Waals surface area contributed by atoms with Crippen LogP contribution < -0.4 is 0 Å². The first kappa shape index (κ1) is 22.3. The van der Waals surface area contributed by atoms with Crippen molar-refractivity contribution < 1.29 is 20.1 Å². The molecule has 2 unspecified atom stereocenters. The topological polar surface area (TPSA) is 114 Å². The smallest absolute Gasteiger partial charge is 0.184 e. The van der Waals surface area contributed by atoms with Gasteiger partial charge < -0.3 is 20.1 Å². The lowest BCUT2D eigenvalue weighted by molar-refractivity contribution is -0.178. The maximum atomic E-state index is 11.0. The highest BCUT2D eigenvalue weighted by atomic mass is 35.5. The van der Waals surface area contributed by atoms with E-state index in [9.17, 15) is 15.3 Å². The summed E-state index contributed by atoms with van der Waals surface area (Å²) < 4.78 is 7.45. The lowest BCUT2D eigenvalue weighted by Crippen LogP contribution is -2.55. The minimum absolute atomic E-state index is 0.365. The molecule has 0 aliphatic carbocycles. The van der Waals surface area contributed by atoms with E-state index in [1.54, 1.807) is 29.8 Å². The molecule has 13 heteroatoms. The van der Waals surface area contributed by atoms with E-state index in [1.807, 2.05) is 0 Å². The minimum atomic E-state index is -1.22. The monoisotopic (exact) mass is 508 g/mol. The Balaban J connectivity index is 1.61. The van der Waals surface area contributed by atoms with Crippen molar-refractivity contribution in [2.24, 2.45) is 0 Å². The third kappa shape index (κ3) is 4.47. The summed E-state index contributed by atoms with van der Waals surface area (Å²) in [6.45, 7) is -0.438. The molecule has 5 atom stereocenters. The summed E-state index contributed by atoms with van der Waals surface area (Å²) in [7, 11) is 0. The zero-order valence-corrected chi connectivity index (χ0v) is 18.9. The summed E-state index contributed by atoms with van der Waals surface area (Å²) in [6.07, 6.45) is -1.76. The van der Waals surface area contributed by atoms with Crippen LogP contribution in [0.25, 0.3) is 11.4 Å². The van der Waals surface area contributed by atoms with Gasteiger partial charge in [-0.05, 0) is 18.2 Å². The number of aliphatic hydroxyl groups excluding tert-OH is 3. The molecule has 4 rings (SSSR count). The molecule has 1 aliphatic rings.